The van der Waals surface area contributed by atoms with Crippen LogP contribution in [0.5, 0.6) is 0 Å². The highest BCUT2D eigenvalue weighted by molar-refractivity contribution is 6.27. The summed E-state index contributed by atoms with van der Waals surface area (Å²) in [6.45, 7) is 0. The van der Waals surface area contributed by atoms with E-state index in [4.69, 9.17) is 0 Å². The van der Waals surface area contributed by atoms with Gasteiger partial charge in [-0.25, -0.2) is 0 Å². The number of fused-ring (bicyclic) bond motifs is 10. The van der Waals surface area contributed by atoms with Crippen molar-refractivity contribution >= 4 is 65.4 Å². The molecule has 0 radical (unpaired) electrons. The summed E-state index contributed by atoms with van der Waals surface area (Å²) in [5.74, 6) is 0. The van der Waals surface area contributed by atoms with Gasteiger partial charge < -0.3 is 13.7 Å². The van der Waals surface area contributed by atoms with Crippen LogP contribution in [-0.2, 0) is 0 Å². The molecule has 218 valence electrons. The normalized spacial score (nSPS) is 11.8. The van der Waals surface area contributed by atoms with Crippen molar-refractivity contribution in [3.63, 3.8) is 0 Å². The lowest BCUT2D eigenvalue weighted by Crippen LogP contribution is -1.96. The fraction of sp³-hybridized carbons (Fsp3) is 0. The Morgan fingerprint density at radius 1 is 0.362 bits per heavy atom. The Labute approximate surface area is 270 Å². The zero-order valence-corrected chi connectivity index (χ0v) is 25.3. The van der Waals surface area contributed by atoms with Gasteiger partial charge in [0, 0.05) is 49.4 Å². The number of nitriles is 1. The minimum absolute atomic E-state index is 0.672. The van der Waals surface area contributed by atoms with E-state index in [0.717, 1.165) is 55.4 Å². The van der Waals surface area contributed by atoms with E-state index < -0.39 is 0 Å². The van der Waals surface area contributed by atoms with Gasteiger partial charge >= 0.3 is 0 Å². The van der Waals surface area contributed by atoms with E-state index in [1.54, 1.807) is 0 Å². The second-order valence-electron chi connectivity index (χ2n) is 12.1. The molecule has 4 heteroatoms. The van der Waals surface area contributed by atoms with Gasteiger partial charge in [-0.3, -0.25) is 0 Å². The number of para-hydroxylation sites is 4. The van der Waals surface area contributed by atoms with Crippen LogP contribution in [0.2, 0.25) is 0 Å². The lowest BCUT2D eigenvalue weighted by Gasteiger charge is -2.11. The summed E-state index contributed by atoms with van der Waals surface area (Å²) in [6, 6.07) is 58.2. The summed E-state index contributed by atoms with van der Waals surface area (Å²) < 4.78 is 7.05. The van der Waals surface area contributed by atoms with Crippen LogP contribution in [0.1, 0.15) is 5.56 Å². The van der Waals surface area contributed by atoms with Gasteiger partial charge in [-0.2, -0.15) is 5.26 Å². The van der Waals surface area contributed by atoms with Crippen LogP contribution in [0.3, 0.4) is 0 Å². The summed E-state index contributed by atoms with van der Waals surface area (Å²) in [5.41, 5.74) is 10.6. The first-order valence-corrected chi connectivity index (χ1v) is 15.9. The zero-order valence-electron chi connectivity index (χ0n) is 25.3. The van der Waals surface area contributed by atoms with Crippen LogP contribution in [0.4, 0.5) is 0 Å². The van der Waals surface area contributed by atoms with E-state index in [2.05, 4.69) is 165 Å². The Hall–Kier alpha value is -6.57. The smallest absolute Gasteiger partial charge is 0.0999 e. The van der Waals surface area contributed by atoms with Crippen molar-refractivity contribution in [3.8, 4) is 23.1 Å². The molecular weight excluding hydrogens is 573 g/mol. The largest absolute Gasteiger partial charge is 0.309 e. The summed E-state index contributed by atoms with van der Waals surface area (Å²) >= 11 is 0. The minimum Gasteiger partial charge on any atom is -0.309 e. The fourth-order valence-electron chi connectivity index (χ4n) is 7.77. The molecule has 0 unspecified atom stereocenters. The molecule has 0 amide bonds. The minimum atomic E-state index is 0.672. The molecule has 0 saturated carbocycles. The van der Waals surface area contributed by atoms with Gasteiger partial charge in [0.05, 0.1) is 44.7 Å². The van der Waals surface area contributed by atoms with E-state index >= 15 is 0 Å². The first-order valence-electron chi connectivity index (χ1n) is 15.9. The highest BCUT2D eigenvalue weighted by atomic mass is 15.0. The topological polar surface area (TPSA) is 38.6 Å². The predicted molar refractivity (Wildman–Crippen MR) is 194 cm³/mol. The van der Waals surface area contributed by atoms with Crippen molar-refractivity contribution < 1.29 is 0 Å². The van der Waals surface area contributed by atoms with Gasteiger partial charge in [0.1, 0.15) is 0 Å². The van der Waals surface area contributed by atoms with Gasteiger partial charge in [-0.15, -0.1) is 0 Å². The van der Waals surface area contributed by atoms with Crippen LogP contribution in [0.25, 0.3) is 82.5 Å². The highest BCUT2D eigenvalue weighted by Gasteiger charge is 2.23. The molecule has 0 saturated heterocycles. The van der Waals surface area contributed by atoms with Gasteiger partial charge in [0.15, 0.2) is 0 Å². The van der Waals surface area contributed by atoms with Gasteiger partial charge in [0.2, 0.25) is 0 Å². The van der Waals surface area contributed by atoms with Crippen LogP contribution in [0, 0.1) is 11.3 Å². The van der Waals surface area contributed by atoms with E-state index in [9.17, 15) is 5.26 Å². The van der Waals surface area contributed by atoms with Gasteiger partial charge in [-0.05, 0) is 72.8 Å². The first-order chi connectivity index (χ1) is 23.3. The Kier molecular flexibility index (Phi) is 5.32. The molecule has 0 fully saturated rings. The lowest BCUT2D eigenvalue weighted by molar-refractivity contribution is 1.16. The molecule has 0 spiro atoms. The Bertz CT molecular complexity index is 2900. The van der Waals surface area contributed by atoms with Crippen LogP contribution in [0.15, 0.2) is 158 Å². The molecular formula is C43H26N4. The number of benzene rings is 7. The molecule has 0 aliphatic heterocycles. The number of rotatable bonds is 3. The van der Waals surface area contributed by atoms with Crippen LogP contribution < -0.4 is 0 Å². The number of hydrogen-bond donors (Lipinski definition) is 0. The van der Waals surface area contributed by atoms with E-state index in [1.165, 1.54) is 27.1 Å². The average Bonchev–Trinajstić information content (AvgIpc) is 3.77. The fourth-order valence-corrected chi connectivity index (χ4v) is 7.77. The van der Waals surface area contributed by atoms with Gasteiger partial charge in [-0.1, -0.05) is 84.9 Å². The quantitative estimate of drug-likeness (QED) is 0.199. The van der Waals surface area contributed by atoms with Gasteiger partial charge in [0.25, 0.3) is 0 Å². The van der Waals surface area contributed by atoms with Crippen molar-refractivity contribution in [2.45, 2.75) is 0 Å². The highest BCUT2D eigenvalue weighted by Crippen LogP contribution is 2.43. The summed E-state index contributed by atoms with van der Waals surface area (Å²) in [5, 5.41) is 17.3. The maximum absolute atomic E-state index is 10.5. The molecule has 10 rings (SSSR count). The monoisotopic (exact) mass is 598 g/mol. The van der Waals surface area contributed by atoms with Crippen molar-refractivity contribution in [2.75, 3.05) is 0 Å². The first kappa shape index (κ1) is 25.7. The van der Waals surface area contributed by atoms with E-state index in [-0.39, 0.29) is 0 Å². The van der Waals surface area contributed by atoms with Crippen LogP contribution in [-0.4, -0.2) is 13.7 Å². The lowest BCUT2D eigenvalue weighted by atomic mass is 10.0. The molecule has 0 aliphatic carbocycles. The Balaban J connectivity index is 1.37. The van der Waals surface area contributed by atoms with E-state index in [0.29, 0.717) is 5.56 Å². The third-order valence-corrected chi connectivity index (χ3v) is 9.65. The Morgan fingerprint density at radius 2 is 0.894 bits per heavy atom. The molecule has 3 heterocycles. The molecule has 0 atom stereocenters. The summed E-state index contributed by atoms with van der Waals surface area (Å²) in [4.78, 5) is 0. The zero-order chi connectivity index (χ0) is 31.1. The molecule has 10 aromatic rings. The molecule has 7 aromatic carbocycles. The second-order valence-corrected chi connectivity index (χ2v) is 12.1. The second kappa shape index (κ2) is 9.71. The maximum atomic E-state index is 10.5. The van der Waals surface area contributed by atoms with Crippen molar-refractivity contribution in [2.24, 2.45) is 0 Å². The number of hydrogen-bond acceptors (Lipinski definition) is 1. The van der Waals surface area contributed by atoms with Crippen LogP contribution >= 0.6 is 0 Å². The Morgan fingerprint density at radius 3 is 1.62 bits per heavy atom. The third-order valence-electron chi connectivity index (χ3n) is 9.65. The molecule has 3 aromatic heterocycles. The molecule has 4 nitrogen and oxygen atoms in total. The SMILES string of the molecule is N#Cc1cccc2c1c1c(ccc3c4ccccc4n(-c4ccccc4)c31)n2-c1ccc2c(c1)c1ccccc1n2-c1ccccc1. The maximum Gasteiger partial charge on any atom is 0.0999 e. The molecule has 0 bridgehead atoms. The summed E-state index contributed by atoms with van der Waals surface area (Å²) in [7, 11) is 0. The summed E-state index contributed by atoms with van der Waals surface area (Å²) in [6.07, 6.45) is 0. The number of nitrogens with zero attached hydrogens (tertiary/aromatic N) is 4. The van der Waals surface area contributed by atoms with E-state index in [1.807, 2.05) is 12.1 Å². The van der Waals surface area contributed by atoms with Crippen molar-refractivity contribution in [1.82, 2.24) is 13.7 Å². The van der Waals surface area contributed by atoms with Crippen molar-refractivity contribution in [1.29, 1.82) is 5.26 Å². The third kappa shape index (κ3) is 3.51. The predicted octanol–water partition coefficient (Wildman–Crippen LogP) is 10.8. The standard InChI is InChI=1S/C43H26N4/c44-27-28-12-11-21-39-41(28)42-40(25-23-34-32-17-7-10-20-37(32)47(43(34)42)30-15-5-2-6-16-30)46(39)31-22-24-38-35(26-31)33-18-8-9-19-36(33)45(38)29-13-3-1-4-14-29/h1-26H. The number of aromatic nitrogens is 3. The molecule has 47 heavy (non-hydrogen) atoms. The average molecular weight is 599 g/mol. The molecule has 0 N–H and O–H groups in total. The molecule has 0 aliphatic rings. The van der Waals surface area contributed by atoms with Crippen molar-refractivity contribution in [3.05, 3.63) is 163 Å².